The van der Waals surface area contributed by atoms with E-state index in [1.54, 1.807) is 6.20 Å². The van der Waals surface area contributed by atoms with Crippen molar-refractivity contribution in [1.82, 2.24) is 9.32 Å². The van der Waals surface area contributed by atoms with E-state index in [2.05, 4.69) is 14.4 Å². The molecule has 2 aromatic rings. The van der Waals surface area contributed by atoms with Gasteiger partial charge in [0, 0.05) is 17.8 Å². The maximum Gasteiger partial charge on any atom is 0.142 e. The molecule has 0 N–H and O–H groups in total. The van der Waals surface area contributed by atoms with Crippen LogP contribution in [-0.2, 0) is 0 Å². The van der Waals surface area contributed by atoms with Crippen molar-refractivity contribution in [3.05, 3.63) is 30.1 Å². The summed E-state index contributed by atoms with van der Waals surface area (Å²) >= 11 is 0. The number of nitriles is 1. The van der Waals surface area contributed by atoms with Crippen LogP contribution >= 0.6 is 9.39 Å². The average Bonchev–Trinajstić information content (AvgIpc) is 2.63. The Morgan fingerprint density at radius 3 is 2.86 bits per heavy atom. The van der Waals surface area contributed by atoms with Gasteiger partial charge in [0.1, 0.15) is 11.7 Å². The van der Waals surface area contributed by atoms with Gasteiger partial charge in [0.05, 0.1) is 5.56 Å². The number of fused-ring (bicyclic) bond motifs is 1. The molecule has 14 heavy (non-hydrogen) atoms. The lowest BCUT2D eigenvalue weighted by Crippen LogP contribution is -1.82. The minimum Gasteiger partial charge on any atom is -0.317 e. The standard InChI is InChI=1S/C8H6N3P.C2H6/c9-4-6-3-7-1-2-11(12)8(7)10-5-6;1-2/h1-3,5H,12H2;1-2H3. The van der Waals surface area contributed by atoms with Crippen molar-refractivity contribution in [2.45, 2.75) is 13.8 Å². The summed E-state index contributed by atoms with van der Waals surface area (Å²) in [5.41, 5.74) is 1.47. The molecule has 2 rings (SSSR count). The molecule has 2 heterocycles. The third-order valence-electron chi connectivity index (χ3n) is 1.68. The fraction of sp³-hybridized carbons (Fsp3) is 0.200. The fourth-order valence-corrected chi connectivity index (χ4v) is 1.41. The molecule has 0 aliphatic carbocycles. The van der Waals surface area contributed by atoms with Gasteiger partial charge in [0.15, 0.2) is 0 Å². The Morgan fingerprint density at radius 1 is 1.50 bits per heavy atom. The topological polar surface area (TPSA) is 41.6 Å². The zero-order valence-corrected chi connectivity index (χ0v) is 9.38. The highest BCUT2D eigenvalue weighted by atomic mass is 31.0. The molecule has 0 aliphatic heterocycles. The van der Waals surface area contributed by atoms with E-state index < -0.39 is 0 Å². The van der Waals surface area contributed by atoms with Gasteiger partial charge in [-0.05, 0) is 21.5 Å². The van der Waals surface area contributed by atoms with Crippen molar-refractivity contribution in [1.29, 1.82) is 5.26 Å². The molecule has 0 spiro atoms. The van der Waals surface area contributed by atoms with Crippen LogP contribution in [0, 0.1) is 11.3 Å². The Balaban J connectivity index is 0.000000461. The first-order valence-electron chi connectivity index (χ1n) is 4.43. The Kier molecular flexibility index (Phi) is 3.62. The van der Waals surface area contributed by atoms with E-state index in [0.29, 0.717) is 5.56 Å². The van der Waals surface area contributed by atoms with Crippen molar-refractivity contribution in [2.24, 2.45) is 0 Å². The number of nitrogens with zero attached hydrogens (tertiary/aromatic N) is 3. The molecule has 1 unspecified atom stereocenters. The van der Waals surface area contributed by atoms with E-state index in [-0.39, 0.29) is 0 Å². The van der Waals surface area contributed by atoms with Crippen molar-refractivity contribution in [3.8, 4) is 6.07 Å². The Labute approximate surface area is 85.6 Å². The zero-order chi connectivity index (χ0) is 10.6. The van der Waals surface area contributed by atoms with Crippen LogP contribution in [0.15, 0.2) is 24.5 Å². The minimum absolute atomic E-state index is 0.596. The molecule has 0 aromatic carbocycles. The Bertz CT molecular complexity index is 468. The SMILES string of the molecule is CC.N#Cc1cnc2c(ccn2P)c1. The Morgan fingerprint density at radius 2 is 2.21 bits per heavy atom. The van der Waals surface area contributed by atoms with E-state index in [9.17, 15) is 0 Å². The lowest BCUT2D eigenvalue weighted by atomic mass is 10.2. The molecule has 0 radical (unpaired) electrons. The van der Waals surface area contributed by atoms with Gasteiger partial charge in [-0.1, -0.05) is 13.8 Å². The summed E-state index contributed by atoms with van der Waals surface area (Å²) in [7, 11) is 2.53. The maximum atomic E-state index is 8.60. The third kappa shape index (κ3) is 1.92. The first-order valence-corrected chi connectivity index (χ1v) is 4.95. The molecule has 4 heteroatoms. The van der Waals surface area contributed by atoms with Gasteiger partial charge in [-0.15, -0.1) is 0 Å². The predicted molar refractivity (Wildman–Crippen MR) is 60.9 cm³/mol. The summed E-state index contributed by atoms with van der Waals surface area (Å²) in [6, 6.07) is 5.80. The van der Waals surface area contributed by atoms with Crippen LogP contribution in [-0.4, -0.2) is 9.32 Å². The van der Waals surface area contributed by atoms with Crippen LogP contribution < -0.4 is 0 Å². The second-order valence-corrected chi connectivity index (χ2v) is 3.03. The van der Waals surface area contributed by atoms with Crippen molar-refractivity contribution >= 4 is 20.4 Å². The van der Waals surface area contributed by atoms with Crippen LogP contribution in [0.2, 0.25) is 0 Å². The largest absolute Gasteiger partial charge is 0.317 e. The molecule has 0 fully saturated rings. The smallest absolute Gasteiger partial charge is 0.142 e. The molecule has 0 bridgehead atoms. The van der Waals surface area contributed by atoms with E-state index in [0.717, 1.165) is 11.0 Å². The summed E-state index contributed by atoms with van der Waals surface area (Å²) in [6.07, 6.45) is 3.46. The fourth-order valence-electron chi connectivity index (χ4n) is 1.11. The van der Waals surface area contributed by atoms with E-state index in [4.69, 9.17) is 5.26 Å². The predicted octanol–water partition coefficient (Wildman–Crippen LogP) is 2.57. The number of rotatable bonds is 0. The number of hydrogen-bond donors (Lipinski definition) is 0. The first-order chi connectivity index (χ1) is 6.81. The van der Waals surface area contributed by atoms with E-state index in [1.807, 2.05) is 42.6 Å². The molecule has 1 atom stereocenters. The normalized spacial score (nSPS) is 9.00. The van der Waals surface area contributed by atoms with Gasteiger partial charge in [0.25, 0.3) is 0 Å². The number of pyridine rings is 1. The van der Waals surface area contributed by atoms with Gasteiger partial charge in [-0.25, -0.2) is 4.98 Å². The molecular formula is C10H12N3P. The monoisotopic (exact) mass is 205 g/mol. The van der Waals surface area contributed by atoms with Gasteiger partial charge in [-0.3, -0.25) is 0 Å². The zero-order valence-electron chi connectivity index (χ0n) is 8.23. The van der Waals surface area contributed by atoms with E-state index in [1.165, 1.54) is 0 Å². The van der Waals surface area contributed by atoms with Crippen molar-refractivity contribution in [2.75, 3.05) is 0 Å². The highest BCUT2D eigenvalue weighted by Gasteiger charge is 1.99. The van der Waals surface area contributed by atoms with Crippen LogP contribution in [0.25, 0.3) is 11.0 Å². The quantitative estimate of drug-likeness (QED) is 0.620. The molecule has 2 aromatic heterocycles. The van der Waals surface area contributed by atoms with Crippen LogP contribution in [0.1, 0.15) is 19.4 Å². The summed E-state index contributed by atoms with van der Waals surface area (Å²) < 4.78 is 1.84. The number of hydrogen-bond acceptors (Lipinski definition) is 2. The number of aromatic nitrogens is 2. The molecule has 0 saturated carbocycles. The molecule has 72 valence electrons. The summed E-state index contributed by atoms with van der Waals surface area (Å²) in [5.74, 6) is 0. The van der Waals surface area contributed by atoms with Crippen molar-refractivity contribution in [3.63, 3.8) is 0 Å². The molecule has 3 nitrogen and oxygen atoms in total. The van der Waals surface area contributed by atoms with Gasteiger partial charge < -0.3 is 4.34 Å². The second-order valence-electron chi connectivity index (χ2n) is 2.47. The second kappa shape index (κ2) is 4.74. The highest BCUT2D eigenvalue weighted by Crippen LogP contribution is 2.15. The third-order valence-corrected chi connectivity index (χ3v) is 2.10. The van der Waals surface area contributed by atoms with Crippen LogP contribution in [0.3, 0.4) is 0 Å². The average molecular weight is 205 g/mol. The van der Waals surface area contributed by atoms with E-state index >= 15 is 0 Å². The van der Waals surface area contributed by atoms with Crippen molar-refractivity contribution < 1.29 is 0 Å². The summed E-state index contributed by atoms with van der Waals surface area (Å²) in [5, 5.41) is 9.59. The van der Waals surface area contributed by atoms with Gasteiger partial charge >= 0.3 is 0 Å². The lowest BCUT2D eigenvalue weighted by Gasteiger charge is -1.93. The summed E-state index contributed by atoms with van der Waals surface area (Å²) in [4.78, 5) is 4.13. The molecule has 0 aliphatic rings. The molecule has 0 saturated heterocycles. The van der Waals surface area contributed by atoms with Crippen LogP contribution in [0.5, 0.6) is 0 Å². The first kappa shape index (κ1) is 10.7. The molecular weight excluding hydrogens is 193 g/mol. The summed E-state index contributed by atoms with van der Waals surface area (Å²) in [6.45, 7) is 4.00. The van der Waals surface area contributed by atoms with Gasteiger partial charge in [-0.2, -0.15) is 5.26 Å². The highest BCUT2D eigenvalue weighted by molar-refractivity contribution is 7.14. The molecule has 0 amide bonds. The minimum atomic E-state index is 0.596. The van der Waals surface area contributed by atoms with Gasteiger partial charge in [0.2, 0.25) is 0 Å². The van der Waals surface area contributed by atoms with Crippen LogP contribution in [0.4, 0.5) is 0 Å². The maximum absolute atomic E-state index is 8.60. The lowest BCUT2D eigenvalue weighted by molar-refractivity contribution is 1.25. The Hall–Kier alpha value is -1.39.